The van der Waals surface area contributed by atoms with Gasteiger partial charge in [-0.05, 0) is 44.5 Å². The Balaban J connectivity index is 1.47. The van der Waals surface area contributed by atoms with Crippen molar-refractivity contribution in [2.45, 2.75) is 19.4 Å². The topological polar surface area (TPSA) is 34.1 Å². The summed E-state index contributed by atoms with van der Waals surface area (Å²) in [5.74, 6) is 1.44. The molecule has 0 saturated carbocycles. The van der Waals surface area contributed by atoms with E-state index >= 15 is 0 Å². The first-order valence-electron chi connectivity index (χ1n) is 9.86. The number of guanidine groups is 1. The molecule has 1 aromatic carbocycles. The van der Waals surface area contributed by atoms with E-state index in [0.29, 0.717) is 23.0 Å². The predicted octanol–water partition coefficient (Wildman–Crippen LogP) is 2.51. The highest BCUT2D eigenvalue weighted by Gasteiger charge is 2.23. The quantitative estimate of drug-likeness (QED) is 0.627. The van der Waals surface area contributed by atoms with Gasteiger partial charge >= 0.3 is 0 Å². The lowest BCUT2D eigenvalue weighted by atomic mass is 9.98. The lowest BCUT2D eigenvalue weighted by Crippen LogP contribution is -2.53. The predicted molar refractivity (Wildman–Crippen MR) is 110 cm³/mol. The van der Waals surface area contributed by atoms with Crippen molar-refractivity contribution in [3.63, 3.8) is 0 Å². The molecule has 0 spiro atoms. The van der Waals surface area contributed by atoms with Gasteiger partial charge in [0.1, 0.15) is 5.82 Å². The van der Waals surface area contributed by atoms with Crippen LogP contribution in [-0.2, 0) is 6.54 Å². The molecule has 2 heterocycles. The fourth-order valence-electron chi connectivity index (χ4n) is 4.03. The Hall–Kier alpha value is -1.37. The lowest BCUT2D eigenvalue weighted by molar-refractivity contribution is 0.169. The molecule has 150 valence electrons. The van der Waals surface area contributed by atoms with E-state index in [1.807, 2.05) is 7.05 Å². The number of benzene rings is 1. The maximum Gasteiger partial charge on any atom is 0.193 e. The highest BCUT2D eigenvalue weighted by molar-refractivity contribution is 6.31. The Labute approximate surface area is 167 Å². The molecule has 1 atom stereocenters. The molecule has 0 amide bonds. The Bertz CT molecular complexity index is 625. The summed E-state index contributed by atoms with van der Waals surface area (Å²) in [4.78, 5) is 11.4. The van der Waals surface area contributed by atoms with E-state index < -0.39 is 0 Å². The van der Waals surface area contributed by atoms with E-state index in [4.69, 9.17) is 11.6 Å². The molecule has 2 fully saturated rings. The monoisotopic (exact) mass is 395 g/mol. The van der Waals surface area contributed by atoms with Crippen molar-refractivity contribution < 1.29 is 4.39 Å². The minimum Gasteiger partial charge on any atom is -0.356 e. The zero-order valence-corrected chi connectivity index (χ0v) is 17.2. The van der Waals surface area contributed by atoms with Crippen LogP contribution in [0.4, 0.5) is 4.39 Å². The van der Waals surface area contributed by atoms with Gasteiger partial charge in [-0.25, -0.2) is 4.39 Å². The largest absolute Gasteiger partial charge is 0.356 e. The smallest absolute Gasteiger partial charge is 0.193 e. The SMILES string of the molecule is CN=C(NCC1CCCN(C)C1)N1CCN(Cc2c(F)cccc2Cl)CC1. The van der Waals surface area contributed by atoms with Gasteiger partial charge < -0.3 is 15.1 Å². The van der Waals surface area contributed by atoms with Gasteiger partial charge in [-0.15, -0.1) is 0 Å². The van der Waals surface area contributed by atoms with Crippen LogP contribution >= 0.6 is 11.6 Å². The number of hydrogen-bond donors (Lipinski definition) is 1. The van der Waals surface area contributed by atoms with E-state index in [2.05, 4.69) is 32.1 Å². The minimum atomic E-state index is -0.222. The summed E-state index contributed by atoms with van der Waals surface area (Å²) in [5, 5.41) is 4.07. The molecule has 1 N–H and O–H groups in total. The van der Waals surface area contributed by atoms with Crippen LogP contribution in [0.15, 0.2) is 23.2 Å². The van der Waals surface area contributed by atoms with Crippen LogP contribution in [-0.4, -0.2) is 80.6 Å². The standard InChI is InChI=1S/C20H31ClFN5/c1-23-20(24-13-16-5-4-8-25(2)14-16)27-11-9-26(10-12-27)15-17-18(21)6-3-7-19(17)22/h3,6-7,16H,4-5,8-15H2,1-2H3,(H,23,24). The molecule has 1 aromatic rings. The summed E-state index contributed by atoms with van der Waals surface area (Å²) in [7, 11) is 4.04. The molecule has 0 radical (unpaired) electrons. The second kappa shape index (κ2) is 9.71. The normalized spacial score (nSPS) is 22.9. The van der Waals surface area contributed by atoms with Crippen molar-refractivity contribution in [3.8, 4) is 0 Å². The fourth-order valence-corrected chi connectivity index (χ4v) is 4.26. The highest BCUT2D eigenvalue weighted by Crippen LogP contribution is 2.21. The van der Waals surface area contributed by atoms with Gasteiger partial charge in [0.15, 0.2) is 5.96 Å². The Morgan fingerprint density at radius 2 is 2.04 bits per heavy atom. The molecule has 5 nitrogen and oxygen atoms in total. The van der Waals surface area contributed by atoms with Gasteiger partial charge in [0, 0.05) is 63.4 Å². The molecule has 7 heteroatoms. The molecule has 27 heavy (non-hydrogen) atoms. The average Bonchev–Trinajstić information content (AvgIpc) is 2.66. The summed E-state index contributed by atoms with van der Waals surface area (Å²) in [6.07, 6.45) is 2.56. The maximum atomic E-state index is 14.0. The van der Waals surface area contributed by atoms with Crippen molar-refractivity contribution in [1.29, 1.82) is 0 Å². The number of hydrogen-bond acceptors (Lipinski definition) is 3. The molecule has 0 aliphatic carbocycles. The van der Waals surface area contributed by atoms with Crippen LogP contribution in [0, 0.1) is 11.7 Å². The van der Waals surface area contributed by atoms with Crippen LogP contribution in [0.1, 0.15) is 18.4 Å². The summed E-state index contributed by atoms with van der Waals surface area (Å²) in [5.41, 5.74) is 0.594. The molecule has 1 unspecified atom stereocenters. The van der Waals surface area contributed by atoms with Crippen LogP contribution in [0.3, 0.4) is 0 Å². The van der Waals surface area contributed by atoms with Crippen molar-refractivity contribution in [2.75, 3.05) is 59.9 Å². The molecule has 2 saturated heterocycles. The van der Waals surface area contributed by atoms with E-state index in [-0.39, 0.29) is 5.82 Å². The van der Waals surface area contributed by atoms with Crippen molar-refractivity contribution >= 4 is 17.6 Å². The second-order valence-corrected chi connectivity index (χ2v) is 8.07. The zero-order chi connectivity index (χ0) is 19.2. The van der Waals surface area contributed by atoms with Crippen molar-refractivity contribution in [3.05, 3.63) is 34.6 Å². The maximum absolute atomic E-state index is 14.0. The third kappa shape index (κ3) is 5.56. The van der Waals surface area contributed by atoms with Gasteiger partial charge in [0.25, 0.3) is 0 Å². The van der Waals surface area contributed by atoms with Crippen molar-refractivity contribution in [1.82, 2.24) is 20.0 Å². The third-order valence-electron chi connectivity index (χ3n) is 5.60. The molecular formula is C20H31ClFN5. The van der Waals surface area contributed by atoms with Crippen LogP contribution in [0.2, 0.25) is 5.02 Å². The van der Waals surface area contributed by atoms with E-state index in [1.165, 1.54) is 25.5 Å². The molecule has 2 aliphatic heterocycles. The Morgan fingerprint density at radius 1 is 1.26 bits per heavy atom. The number of nitrogens with one attached hydrogen (secondary N) is 1. The van der Waals surface area contributed by atoms with E-state index in [0.717, 1.165) is 45.2 Å². The summed E-state index contributed by atoms with van der Waals surface area (Å²) in [6.45, 7) is 7.41. The van der Waals surface area contributed by atoms with Gasteiger partial charge in [0.05, 0.1) is 0 Å². The number of likely N-dealkylation sites (tertiary alicyclic amines) is 1. The zero-order valence-electron chi connectivity index (χ0n) is 16.4. The lowest BCUT2D eigenvalue weighted by Gasteiger charge is -2.37. The number of nitrogens with zero attached hydrogens (tertiary/aromatic N) is 4. The number of aliphatic imine (C=N–C) groups is 1. The van der Waals surface area contributed by atoms with Crippen molar-refractivity contribution in [2.24, 2.45) is 10.9 Å². The van der Waals surface area contributed by atoms with E-state index in [9.17, 15) is 4.39 Å². The number of piperazine rings is 1. The van der Waals surface area contributed by atoms with E-state index in [1.54, 1.807) is 12.1 Å². The second-order valence-electron chi connectivity index (χ2n) is 7.66. The van der Waals surface area contributed by atoms with Gasteiger partial charge in [-0.1, -0.05) is 17.7 Å². The molecular weight excluding hydrogens is 365 g/mol. The molecule has 3 rings (SSSR count). The first kappa shape index (κ1) is 20.4. The van der Waals surface area contributed by atoms with Crippen LogP contribution < -0.4 is 5.32 Å². The van der Waals surface area contributed by atoms with Crippen LogP contribution in [0.5, 0.6) is 0 Å². The third-order valence-corrected chi connectivity index (χ3v) is 5.95. The number of halogens is 2. The minimum absolute atomic E-state index is 0.222. The summed E-state index contributed by atoms with van der Waals surface area (Å²) >= 11 is 6.17. The first-order chi connectivity index (χ1) is 13.1. The fraction of sp³-hybridized carbons (Fsp3) is 0.650. The summed E-state index contributed by atoms with van der Waals surface area (Å²) in [6, 6.07) is 4.88. The Morgan fingerprint density at radius 3 is 2.70 bits per heavy atom. The average molecular weight is 396 g/mol. The molecule has 0 aromatic heterocycles. The Kier molecular flexibility index (Phi) is 7.33. The first-order valence-corrected chi connectivity index (χ1v) is 10.2. The van der Waals surface area contributed by atoms with Crippen LogP contribution in [0.25, 0.3) is 0 Å². The number of piperidine rings is 1. The van der Waals surface area contributed by atoms with Gasteiger partial charge in [-0.2, -0.15) is 0 Å². The summed E-state index contributed by atoms with van der Waals surface area (Å²) < 4.78 is 14.0. The number of rotatable bonds is 4. The highest BCUT2D eigenvalue weighted by atomic mass is 35.5. The van der Waals surface area contributed by atoms with Gasteiger partial charge in [-0.3, -0.25) is 9.89 Å². The molecule has 0 bridgehead atoms. The van der Waals surface area contributed by atoms with Gasteiger partial charge in [0.2, 0.25) is 0 Å². The molecule has 2 aliphatic rings.